The van der Waals surface area contributed by atoms with Crippen molar-refractivity contribution in [2.24, 2.45) is 5.73 Å². The fourth-order valence-electron chi connectivity index (χ4n) is 1.68. The maximum atomic E-state index is 11.0. The van der Waals surface area contributed by atoms with E-state index in [1.807, 2.05) is 24.3 Å². The van der Waals surface area contributed by atoms with Gasteiger partial charge >= 0.3 is 0 Å². The standard InChI is InChI=1S/C14H15Cl2N3O/c15-5-7-19(8-6-16)13-3-1-11(2-4-13)9-12(10-17)14(18)20/h1-4,9H,5-8H2,(H2,18,20). The van der Waals surface area contributed by atoms with Gasteiger partial charge < -0.3 is 10.6 Å². The van der Waals surface area contributed by atoms with Crippen LogP contribution in [-0.4, -0.2) is 30.8 Å². The van der Waals surface area contributed by atoms with Crippen molar-refractivity contribution < 1.29 is 4.79 Å². The van der Waals surface area contributed by atoms with E-state index in [0.29, 0.717) is 24.8 Å². The average Bonchev–Trinajstić information content (AvgIpc) is 2.45. The van der Waals surface area contributed by atoms with Gasteiger partial charge in [0.05, 0.1) is 0 Å². The summed E-state index contributed by atoms with van der Waals surface area (Å²) in [6.07, 6.45) is 1.46. The van der Waals surface area contributed by atoms with Gasteiger partial charge in [-0.25, -0.2) is 0 Å². The average molecular weight is 312 g/mol. The Labute approximate surface area is 128 Å². The highest BCUT2D eigenvalue weighted by Gasteiger charge is 2.06. The van der Waals surface area contributed by atoms with Gasteiger partial charge in [0.15, 0.2) is 0 Å². The van der Waals surface area contributed by atoms with Crippen molar-refractivity contribution in [2.45, 2.75) is 0 Å². The number of alkyl halides is 2. The van der Waals surface area contributed by atoms with Crippen molar-refractivity contribution in [1.82, 2.24) is 0 Å². The number of amides is 1. The lowest BCUT2D eigenvalue weighted by Crippen LogP contribution is -2.27. The second-order valence-electron chi connectivity index (χ2n) is 3.99. The molecule has 4 nitrogen and oxygen atoms in total. The van der Waals surface area contributed by atoms with E-state index in [-0.39, 0.29) is 5.57 Å². The Bertz CT molecular complexity index is 514. The van der Waals surface area contributed by atoms with E-state index in [2.05, 4.69) is 4.90 Å². The number of benzene rings is 1. The summed E-state index contributed by atoms with van der Waals surface area (Å²) in [4.78, 5) is 13.0. The summed E-state index contributed by atoms with van der Waals surface area (Å²) in [5, 5.41) is 8.78. The maximum absolute atomic E-state index is 11.0. The van der Waals surface area contributed by atoms with Gasteiger partial charge in [0.25, 0.3) is 5.91 Å². The van der Waals surface area contributed by atoms with Crippen LogP contribution in [0.5, 0.6) is 0 Å². The number of hydrogen-bond donors (Lipinski definition) is 1. The molecule has 20 heavy (non-hydrogen) atoms. The maximum Gasteiger partial charge on any atom is 0.259 e. The fourth-order valence-corrected chi connectivity index (χ4v) is 2.09. The molecule has 0 radical (unpaired) electrons. The summed E-state index contributed by atoms with van der Waals surface area (Å²) in [5.41, 5.74) is 6.74. The van der Waals surface area contributed by atoms with Crippen LogP contribution in [0.15, 0.2) is 29.8 Å². The highest BCUT2D eigenvalue weighted by molar-refractivity contribution is 6.18. The van der Waals surface area contributed by atoms with Gasteiger partial charge in [-0.1, -0.05) is 12.1 Å². The fraction of sp³-hybridized carbons (Fsp3) is 0.286. The molecule has 0 fully saturated rings. The molecule has 0 heterocycles. The van der Waals surface area contributed by atoms with E-state index in [4.69, 9.17) is 34.2 Å². The lowest BCUT2D eigenvalue weighted by molar-refractivity contribution is -0.114. The molecule has 2 N–H and O–H groups in total. The Morgan fingerprint density at radius 3 is 2.20 bits per heavy atom. The second-order valence-corrected chi connectivity index (χ2v) is 4.75. The molecule has 1 aromatic carbocycles. The van der Waals surface area contributed by atoms with Crippen molar-refractivity contribution in [1.29, 1.82) is 5.26 Å². The van der Waals surface area contributed by atoms with Crippen molar-refractivity contribution in [2.75, 3.05) is 29.7 Å². The third kappa shape index (κ3) is 4.76. The zero-order chi connectivity index (χ0) is 15.0. The number of nitrogens with two attached hydrogens (primary N) is 1. The number of anilines is 1. The lowest BCUT2D eigenvalue weighted by atomic mass is 10.1. The number of primary amides is 1. The summed E-state index contributed by atoms with van der Waals surface area (Å²) in [7, 11) is 0. The molecule has 0 spiro atoms. The van der Waals surface area contributed by atoms with Gasteiger partial charge in [-0.15, -0.1) is 23.2 Å². The number of carbonyl (C=O) groups is 1. The van der Waals surface area contributed by atoms with Crippen LogP contribution in [0.1, 0.15) is 5.56 Å². The molecule has 6 heteroatoms. The smallest absolute Gasteiger partial charge is 0.259 e. The van der Waals surface area contributed by atoms with Crippen LogP contribution < -0.4 is 10.6 Å². The summed E-state index contributed by atoms with van der Waals surface area (Å²) >= 11 is 11.5. The van der Waals surface area contributed by atoms with Gasteiger partial charge in [-0.3, -0.25) is 4.79 Å². The largest absolute Gasteiger partial charge is 0.369 e. The summed E-state index contributed by atoms with van der Waals surface area (Å²) < 4.78 is 0. The second kappa shape index (κ2) is 8.47. The Morgan fingerprint density at radius 1 is 1.25 bits per heavy atom. The first kappa shape index (κ1) is 16.4. The molecule has 0 unspecified atom stereocenters. The van der Waals surface area contributed by atoms with E-state index in [0.717, 1.165) is 11.3 Å². The Kier molecular flexibility index (Phi) is 6.92. The van der Waals surface area contributed by atoms with E-state index in [1.165, 1.54) is 6.08 Å². The highest BCUT2D eigenvalue weighted by atomic mass is 35.5. The number of hydrogen-bond acceptors (Lipinski definition) is 3. The summed E-state index contributed by atoms with van der Waals surface area (Å²) in [6, 6.07) is 9.17. The van der Waals surface area contributed by atoms with Crippen LogP contribution in [0.4, 0.5) is 5.69 Å². The summed E-state index contributed by atoms with van der Waals surface area (Å²) in [5.74, 6) is 0.292. The van der Waals surface area contributed by atoms with Crippen LogP contribution in [0, 0.1) is 11.3 Å². The minimum Gasteiger partial charge on any atom is -0.369 e. The van der Waals surface area contributed by atoms with Crippen molar-refractivity contribution >= 4 is 40.9 Å². The molecule has 0 aliphatic carbocycles. The molecule has 0 saturated carbocycles. The molecule has 1 rings (SSSR count). The van der Waals surface area contributed by atoms with Crippen molar-refractivity contribution in [3.63, 3.8) is 0 Å². The first-order valence-corrected chi connectivity index (χ1v) is 7.07. The molecule has 1 amide bonds. The molecule has 1 aromatic rings. The quantitative estimate of drug-likeness (QED) is 0.477. The monoisotopic (exact) mass is 311 g/mol. The minimum atomic E-state index is -0.734. The number of rotatable bonds is 7. The molecular weight excluding hydrogens is 297 g/mol. The lowest BCUT2D eigenvalue weighted by Gasteiger charge is -2.22. The van der Waals surface area contributed by atoms with Gasteiger partial charge in [-0.05, 0) is 23.8 Å². The molecule has 0 bridgehead atoms. The molecule has 0 aliphatic heterocycles. The molecule has 0 saturated heterocycles. The van der Waals surface area contributed by atoms with Gasteiger partial charge in [0.1, 0.15) is 11.6 Å². The van der Waals surface area contributed by atoms with Gasteiger partial charge in [0.2, 0.25) is 0 Å². The Hall–Kier alpha value is -1.70. The van der Waals surface area contributed by atoms with Crippen LogP contribution in [-0.2, 0) is 4.79 Å². The number of halogens is 2. The van der Waals surface area contributed by atoms with E-state index in [1.54, 1.807) is 6.07 Å². The zero-order valence-corrected chi connectivity index (χ0v) is 12.4. The van der Waals surface area contributed by atoms with Crippen LogP contribution in [0.3, 0.4) is 0 Å². The normalized spacial score (nSPS) is 10.9. The van der Waals surface area contributed by atoms with Crippen molar-refractivity contribution in [3.8, 4) is 6.07 Å². The van der Waals surface area contributed by atoms with Crippen LogP contribution >= 0.6 is 23.2 Å². The molecular formula is C14H15Cl2N3O. The Morgan fingerprint density at radius 2 is 1.80 bits per heavy atom. The van der Waals surface area contributed by atoms with Gasteiger partial charge in [-0.2, -0.15) is 5.26 Å². The highest BCUT2D eigenvalue weighted by Crippen LogP contribution is 2.17. The van der Waals surface area contributed by atoms with E-state index < -0.39 is 5.91 Å². The van der Waals surface area contributed by atoms with E-state index in [9.17, 15) is 4.79 Å². The summed E-state index contributed by atoms with van der Waals surface area (Å²) in [6.45, 7) is 1.41. The predicted octanol–water partition coefficient (Wildman–Crippen LogP) is 2.36. The van der Waals surface area contributed by atoms with Gasteiger partial charge in [0, 0.05) is 30.5 Å². The molecule has 0 atom stereocenters. The Balaban J connectivity index is 2.93. The number of nitriles is 1. The van der Waals surface area contributed by atoms with Crippen molar-refractivity contribution in [3.05, 3.63) is 35.4 Å². The topological polar surface area (TPSA) is 70.1 Å². The van der Waals surface area contributed by atoms with E-state index >= 15 is 0 Å². The SMILES string of the molecule is N#CC(=Cc1ccc(N(CCCl)CCCl)cc1)C(N)=O. The minimum absolute atomic E-state index is 0.0730. The zero-order valence-electron chi connectivity index (χ0n) is 10.9. The first-order valence-electron chi connectivity index (χ1n) is 6.01. The third-order valence-corrected chi connectivity index (χ3v) is 3.00. The molecule has 0 aromatic heterocycles. The number of carbonyl (C=O) groups excluding carboxylic acids is 1. The first-order chi connectivity index (χ1) is 9.62. The van der Waals surface area contributed by atoms with Crippen LogP contribution in [0.25, 0.3) is 6.08 Å². The third-order valence-electron chi connectivity index (χ3n) is 2.66. The molecule has 0 aliphatic rings. The predicted molar refractivity (Wildman–Crippen MR) is 82.9 cm³/mol. The molecule has 106 valence electrons. The number of nitrogens with zero attached hydrogens (tertiary/aromatic N) is 2. The van der Waals surface area contributed by atoms with Crippen LogP contribution in [0.2, 0.25) is 0 Å².